The SMILES string of the molecule is CCc1cc(OBOc2ccnc(CC)c2)ccn1. The largest absolute Gasteiger partial charge is 0.576 e. The molecule has 0 fully saturated rings. The number of hydrogen-bond donors (Lipinski definition) is 0. The van der Waals surface area contributed by atoms with Crippen LogP contribution in [0, 0.1) is 0 Å². The lowest BCUT2D eigenvalue weighted by atomic mass is 10.2. The molecule has 0 aliphatic heterocycles. The fraction of sp³-hybridized carbons (Fsp3) is 0.286. The number of aromatic nitrogens is 2. The van der Waals surface area contributed by atoms with E-state index in [0.717, 1.165) is 35.7 Å². The molecular weight excluding hydrogens is 239 g/mol. The molecule has 0 amide bonds. The van der Waals surface area contributed by atoms with E-state index in [4.69, 9.17) is 9.31 Å². The molecule has 2 aromatic rings. The normalized spacial score (nSPS) is 10.0. The van der Waals surface area contributed by atoms with Crippen molar-refractivity contribution in [1.29, 1.82) is 0 Å². The van der Waals surface area contributed by atoms with Gasteiger partial charge in [-0.05, 0) is 37.1 Å². The van der Waals surface area contributed by atoms with Crippen LogP contribution in [0.2, 0.25) is 0 Å². The van der Waals surface area contributed by atoms with Crippen LogP contribution >= 0.6 is 0 Å². The second-order valence-electron chi connectivity index (χ2n) is 4.08. The van der Waals surface area contributed by atoms with Gasteiger partial charge in [0.1, 0.15) is 11.5 Å². The first kappa shape index (κ1) is 13.4. The third-order valence-electron chi connectivity index (χ3n) is 2.75. The quantitative estimate of drug-likeness (QED) is 0.744. The van der Waals surface area contributed by atoms with Gasteiger partial charge < -0.3 is 9.31 Å². The summed E-state index contributed by atoms with van der Waals surface area (Å²) in [6.45, 7) is 4.12. The molecular formula is C14H17BN2O2. The number of hydrogen-bond acceptors (Lipinski definition) is 4. The van der Waals surface area contributed by atoms with Crippen LogP contribution in [0.15, 0.2) is 36.7 Å². The summed E-state index contributed by atoms with van der Waals surface area (Å²) in [7, 11) is 0.181. The number of pyridine rings is 2. The monoisotopic (exact) mass is 256 g/mol. The average Bonchev–Trinajstić information content (AvgIpc) is 2.48. The highest BCUT2D eigenvalue weighted by Gasteiger charge is 2.02. The Hall–Kier alpha value is -2.04. The number of aryl methyl sites for hydroxylation is 2. The van der Waals surface area contributed by atoms with Crippen LogP contribution in [-0.2, 0) is 12.8 Å². The van der Waals surface area contributed by atoms with E-state index in [1.807, 2.05) is 24.3 Å². The second kappa shape index (κ2) is 6.78. The van der Waals surface area contributed by atoms with Gasteiger partial charge in [-0.15, -0.1) is 0 Å². The lowest BCUT2D eigenvalue weighted by Crippen LogP contribution is -2.11. The molecule has 0 bridgehead atoms. The maximum atomic E-state index is 5.54. The average molecular weight is 256 g/mol. The van der Waals surface area contributed by atoms with Gasteiger partial charge in [0.15, 0.2) is 0 Å². The molecule has 0 spiro atoms. The Morgan fingerprint density at radius 3 is 1.79 bits per heavy atom. The molecule has 0 saturated carbocycles. The van der Waals surface area contributed by atoms with Gasteiger partial charge in [-0.1, -0.05) is 13.8 Å². The highest BCUT2D eigenvalue weighted by Crippen LogP contribution is 2.13. The Balaban J connectivity index is 1.88. The third kappa shape index (κ3) is 3.98. The molecule has 0 aliphatic rings. The zero-order valence-electron chi connectivity index (χ0n) is 11.3. The van der Waals surface area contributed by atoms with Gasteiger partial charge in [-0.25, -0.2) is 0 Å². The van der Waals surface area contributed by atoms with Crippen molar-refractivity contribution in [1.82, 2.24) is 9.97 Å². The zero-order valence-corrected chi connectivity index (χ0v) is 11.3. The summed E-state index contributed by atoms with van der Waals surface area (Å²) in [5.74, 6) is 1.55. The molecule has 5 heteroatoms. The van der Waals surface area contributed by atoms with Crippen molar-refractivity contribution < 1.29 is 9.31 Å². The summed E-state index contributed by atoms with van der Waals surface area (Å²) in [6.07, 6.45) is 5.27. The smallest absolute Gasteiger partial charge is 0.528 e. The summed E-state index contributed by atoms with van der Waals surface area (Å²) in [4.78, 5) is 8.44. The molecule has 0 saturated heterocycles. The van der Waals surface area contributed by atoms with Crippen molar-refractivity contribution in [2.75, 3.05) is 0 Å². The van der Waals surface area contributed by atoms with Gasteiger partial charge in [-0.3, -0.25) is 9.97 Å². The van der Waals surface area contributed by atoms with E-state index in [2.05, 4.69) is 23.8 Å². The Labute approximate surface area is 114 Å². The Kier molecular flexibility index (Phi) is 4.78. The first-order chi connectivity index (χ1) is 9.31. The first-order valence-electron chi connectivity index (χ1n) is 6.47. The second-order valence-corrected chi connectivity index (χ2v) is 4.08. The lowest BCUT2D eigenvalue weighted by Gasteiger charge is -2.08. The van der Waals surface area contributed by atoms with Crippen LogP contribution in [0.25, 0.3) is 0 Å². The van der Waals surface area contributed by atoms with Crippen molar-refractivity contribution >= 4 is 7.69 Å². The zero-order chi connectivity index (χ0) is 13.5. The minimum absolute atomic E-state index is 0.181. The first-order valence-corrected chi connectivity index (χ1v) is 6.47. The van der Waals surface area contributed by atoms with Crippen LogP contribution < -0.4 is 9.31 Å². The Morgan fingerprint density at radius 1 is 0.895 bits per heavy atom. The summed E-state index contributed by atoms with van der Waals surface area (Å²) < 4.78 is 11.1. The molecule has 0 aromatic carbocycles. The minimum Gasteiger partial charge on any atom is -0.528 e. The molecule has 0 aliphatic carbocycles. The van der Waals surface area contributed by atoms with Crippen molar-refractivity contribution in [2.45, 2.75) is 26.7 Å². The van der Waals surface area contributed by atoms with Crippen LogP contribution in [0.5, 0.6) is 11.5 Å². The molecule has 2 aromatic heterocycles. The van der Waals surface area contributed by atoms with Gasteiger partial charge in [0.2, 0.25) is 0 Å². The van der Waals surface area contributed by atoms with Gasteiger partial charge in [-0.2, -0.15) is 0 Å². The topological polar surface area (TPSA) is 44.2 Å². The maximum Gasteiger partial charge on any atom is 0.576 e. The van der Waals surface area contributed by atoms with Crippen molar-refractivity contribution in [3.05, 3.63) is 48.0 Å². The van der Waals surface area contributed by atoms with E-state index < -0.39 is 0 Å². The molecule has 98 valence electrons. The highest BCUT2D eigenvalue weighted by molar-refractivity contribution is 6.20. The number of rotatable bonds is 6. The fourth-order valence-corrected chi connectivity index (χ4v) is 1.64. The molecule has 4 nitrogen and oxygen atoms in total. The molecule has 0 unspecified atom stereocenters. The van der Waals surface area contributed by atoms with Gasteiger partial charge in [0, 0.05) is 23.8 Å². The van der Waals surface area contributed by atoms with Crippen LogP contribution in [0.3, 0.4) is 0 Å². The third-order valence-corrected chi connectivity index (χ3v) is 2.75. The summed E-state index contributed by atoms with van der Waals surface area (Å²) in [6, 6.07) is 7.50. The predicted molar refractivity (Wildman–Crippen MR) is 75.6 cm³/mol. The lowest BCUT2D eigenvalue weighted by molar-refractivity contribution is 0.457. The molecule has 2 heterocycles. The van der Waals surface area contributed by atoms with Gasteiger partial charge >= 0.3 is 7.69 Å². The van der Waals surface area contributed by atoms with E-state index >= 15 is 0 Å². The highest BCUT2D eigenvalue weighted by atomic mass is 16.6. The summed E-state index contributed by atoms with van der Waals surface area (Å²) in [5.41, 5.74) is 2.02. The standard InChI is InChI=1S/C14H17BN2O2/c1-3-11-9-13(5-7-16-11)18-15-19-14-6-8-17-12(4-2)10-14/h5-10,15H,3-4H2,1-2H3. The molecule has 0 radical (unpaired) electrons. The van der Waals surface area contributed by atoms with Crippen molar-refractivity contribution in [3.63, 3.8) is 0 Å². The fourth-order valence-electron chi connectivity index (χ4n) is 1.64. The molecule has 2 rings (SSSR count). The predicted octanol–water partition coefficient (Wildman–Crippen LogP) is 2.33. The van der Waals surface area contributed by atoms with E-state index in [-0.39, 0.29) is 7.69 Å². The van der Waals surface area contributed by atoms with Crippen molar-refractivity contribution in [3.8, 4) is 11.5 Å². The van der Waals surface area contributed by atoms with Crippen LogP contribution in [-0.4, -0.2) is 17.7 Å². The van der Waals surface area contributed by atoms with Gasteiger partial charge in [0.05, 0.1) is 0 Å². The van der Waals surface area contributed by atoms with Crippen molar-refractivity contribution in [2.24, 2.45) is 0 Å². The maximum absolute atomic E-state index is 5.54. The molecule has 0 N–H and O–H groups in total. The summed E-state index contributed by atoms with van der Waals surface area (Å²) in [5, 5.41) is 0. The van der Waals surface area contributed by atoms with Crippen LogP contribution in [0.4, 0.5) is 0 Å². The van der Waals surface area contributed by atoms with E-state index in [9.17, 15) is 0 Å². The molecule has 19 heavy (non-hydrogen) atoms. The Morgan fingerprint density at radius 2 is 1.37 bits per heavy atom. The minimum atomic E-state index is 0.181. The Bertz CT molecular complexity index is 487. The van der Waals surface area contributed by atoms with Gasteiger partial charge in [0.25, 0.3) is 0 Å². The number of nitrogens with zero attached hydrogens (tertiary/aromatic N) is 2. The van der Waals surface area contributed by atoms with E-state index in [0.29, 0.717) is 0 Å². The van der Waals surface area contributed by atoms with E-state index in [1.165, 1.54) is 0 Å². The van der Waals surface area contributed by atoms with Crippen LogP contribution in [0.1, 0.15) is 25.2 Å². The van der Waals surface area contributed by atoms with E-state index in [1.54, 1.807) is 12.4 Å². The molecule has 0 atom stereocenters. The summed E-state index contributed by atoms with van der Waals surface area (Å²) >= 11 is 0.